The van der Waals surface area contributed by atoms with Crippen molar-refractivity contribution in [1.82, 2.24) is 0 Å². The largest absolute Gasteiger partial charge is 0.325 e. The van der Waals surface area contributed by atoms with Gasteiger partial charge >= 0.3 is 0 Å². The second kappa shape index (κ2) is 6.95. The van der Waals surface area contributed by atoms with E-state index < -0.39 is 0 Å². The second-order valence-electron chi connectivity index (χ2n) is 4.00. The fourth-order valence-electron chi connectivity index (χ4n) is 1.59. The smallest absolute Gasteiger partial charge is 0.234 e. The molecule has 4 heteroatoms. The summed E-state index contributed by atoms with van der Waals surface area (Å²) >= 11 is 1.40. The lowest BCUT2D eigenvalue weighted by molar-refractivity contribution is -0.113. The van der Waals surface area contributed by atoms with Crippen molar-refractivity contribution in [2.45, 2.75) is 5.75 Å². The third-order valence-corrected chi connectivity index (χ3v) is 3.49. The van der Waals surface area contributed by atoms with Gasteiger partial charge in [-0.3, -0.25) is 4.79 Å². The van der Waals surface area contributed by atoms with E-state index in [0.717, 1.165) is 5.69 Å². The molecule has 0 aliphatic heterocycles. The molecule has 2 aromatic carbocycles. The summed E-state index contributed by atoms with van der Waals surface area (Å²) < 4.78 is 13.3. The summed E-state index contributed by atoms with van der Waals surface area (Å²) in [5.74, 6) is 0.504. The van der Waals surface area contributed by atoms with Gasteiger partial charge in [-0.15, -0.1) is 11.8 Å². The molecule has 0 aromatic heterocycles. The number of anilines is 1. The molecule has 0 fully saturated rings. The molecular weight excluding hydrogens is 261 g/mol. The Morgan fingerprint density at radius 3 is 2.47 bits per heavy atom. The van der Waals surface area contributed by atoms with Crippen LogP contribution in [0.1, 0.15) is 5.56 Å². The molecule has 0 saturated heterocycles. The van der Waals surface area contributed by atoms with Crippen molar-refractivity contribution in [3.8, 4) is 0 Å². The number of carbonyl (C=O) groups excluding carboxylic acids is 1. The SMILES string of the molecule is O=C(CSCc1ccccc1F)Nc1ccccc1. The van der Waals surface area contributed by atoms with Gasteiger partial charge in [-0.2, -0.15) is 0 Å². The van der Waals surface area contributed by atoms with Gasteiger partial charge in [0.15, 0.2) is 0 Å². The number of benzene rings is 2. The van der Waals surface area contributed by atoms with Crippen LogP contribution in [0, 0.1) is 5.82 Å². The first-order chi connectivity index (χ1) is 9.25. The molecule has 0 aliphatic rings. The van der Waals surface area contributed by atoms with Gasteiger partial charge in [0.1, 0.15) is 5.82 Å². The van der Waals surface area contributed by atoms with Crippen LogP contribution in [0.3, 0.4) is 0 Å². The molecule has 0 unspecified atom stereocenters. The molecule has 2 aromatic rings. The molecule has 2 nitrogen and oxygen atoms in total. The molecule has 19 heavy (non-hydrogen) atoms. The Balaban J connectivity index is 1.77. The van der Waals surface area contributed by atoms with Gasteiger partial charge in [-0.25, -0.2) is 4.39 Å². The second-order valence-corrected chi connectivity index (χ2v) is 4.98. The van der Waals surface area contributed by atoms with Crippen LogP contribution < -0.4 is 5.32 Å². The molecule has 1 N–H and O–H groups in total. The highest BCUT2D eigenvalue weighted by atomic mass is 32.2. The lowest BCUT2D eigenvalue weighted by atomic mass is 10.2. The van der Waals surface area contributed by atoms with E-state index in [-0.39, 0.29) is 11.7 Å². The Labute approximate surface area is 116 Å². The minimum absolute atomic E-state index is 0.0764. The average molecular weight is 275 g/mol. The molecule has 0 aliphatic carbocycles. The Hall–Kier alpha value is -1.81. The Bertz CT molecular complexity index is 545. The van der Waals surface area contributed by atoms with Gasteiger partial charge in [-0.05, 0) is 23.8 Å². The van der Waals surface area contributed by atoms with Crippen molar-refractivity contribution in [3.05, 3.63) is 66.0 Å². The van der Waals surface area contributed by atoms with E-state index in [1.165, 1.54) is 17.8 Å². The lowest BCUT2D eigenvalue weighted by Gasteiger charge is -2.05. The highest BCUT2D eigenvalue weighted by Crippen LogP contribution is 2.15. The summed E-state index contributed by atoms with van der Waals surface area (Å²) in [4.78, 5) is 11.7. The molecular formula is C15H14FNOS. The molecule has 0 heterocycles. The van der Waals surface area contributed by atoms with Crippen LogP contribution in [-0.4, -0.2) is 11.7 Å². The minimum Gasteiger partial charge on any atom is -0.325 e. The first-order valence-electron chi connectivity index (χ1n) is 5.92. The van der Waals surface area contributed by atoms with Gasteiger partial charge < -0.3 is 5.32 Å². The number of carbonyl (C=O) groups is 1. The van der Waals surface area contributed by atoms with Crippen LogP contribution in [0.4, 0.5) is 10.1 Å². The highest BCUT2D eigenvalue weighted by molar-refractivity contribution is 7.99. The van der Waals surface area contributed by atoms with Gasteiger partial charge in [0, 0.05) is 11.4 Å². The zero-order valence-electron chi connectivity index (χ0n) is 10.3. The van der Waals surface area contributed by atoms with Gasteiger partial charge in [-0.1, -0.05) is 36.4 Å². The molecule has 2 rings (SSSR count). The monoisotopic (exact) mass is 275 g/mol. The van der Waals surface area contributed by atoms with Gasteiger partial charge in [0.05, 0.1) is 5.75 Å². The number of halogens is 1. The fraction of sp³-hybridized carbons (Fsp3) is 0.133. The Morgan fingerprint density at radius 2 is 1.74 bits per heavy atom. The third-order valence-electron chi connectivity index (χ3n) is 2.51. The molecule has 0 atom stereocenters. The zero-order valence-corrected chi connectivity index (χ0v) is 11.1. The number of rotatable bonds is 5. The van der Waals surface area contributed by atoms with E-state index in [0.29, 0.717) is 17.1 Å². The molecule has 98 valence electrons. The van der Waals surface area contributed by atoms with E-state index in [2.05, 4.69) is 5.32 Å². The van der Waals surface area contributed by atoms with Crippen LogP contribution in [0.2, 0.25) is 0 Å². The topological polar surface area (TPSA) is 29.1 Å². The zero-order chi connectivity index (χ0) is 13.5. The van der Waals surface area contributed by atoms with Crippen LogP contribution in [-0.2, 0) is 10.5 Å². The standard InChI is InChI=1S/C15H14FNOS/c16-14-9-5-4-6-12(14)10-19-11-15(18)17-13-7-2-1-3-8-13/h1-9H,10-11H2,(H,17,18). The maximum absolute atomic E-state index is 13.3. The van der Waals surface area contributed by atoms with Crippen LogP contribution in [0.5, 0.6) is 0 Å². The van der Waals surface area contributed by atoms with E-state index in [1.807, 2.05) is 30.3 Å². The Kier molecular flexibility index (Phi) is 4.98. The maximum Gasteiger partial charge on any atom is 0.234 e. The number of thioether (sulfide) groups is 1. The van der Waals surface area contributed by atoms with Gasteiger partial charge in [0.2, 0.25) is 5.91 Å². The number of para-hydroxylation sites is 1. The van der Waals surface area contributed by atoms with Crippen LogP contribution >= 0.6 is 11.8 Å². The Morgan fingerprint density at radius 1 is 1.05 bits per heavy atom. The molecule has 0 spiro atoms. The van der Waals surface area contributed by atoms with E-state index in [4.69, 9.17) is 0 Å². The number of hydrogen-bond acceptors (Lipinski definition) is 2. The first kappa shape index (κ1) is 13.6. The van der Waals surface area contributed by atoms with Crippen LogP contribution in [0.15, 0.2) is 54.6 Å². The van der Waals surface area contributed by atoms with Gasteiger partial charge in [0.25, 0.3) is 0 Å². The first-order valence-corrected chi connectivity index (χ1v) is 7.07. The molecule has 0 bridgehead atoms. The van der Waals surface area contributed by atoms with E-state index >= 15 is 0 Å². The predicted molar refractivity (Wildman–Crippen MR) is 77.6 cm³/mol. The predicted octanol–water partition coefficient (Wildman–Crippen LogP) is 3.70. The van der Waals surface area contributed by atoms with Crippen molar-refractivity contribution in [2.75, 3.05) is 11.1 Å². The van der Waals surface area contributed by atoms with E-state index in [9.17, 15) is 9.18 Å². The quantitative estimate of drug-likeness (QED) is 0.901. The summed E-state index contributed by atoms with van der Waals surface area (Å²) in [6.45, 7) is 0. The van der Waals surface area contributed by atoms with E-state index in [1.54, 1.807) is 18.2 Å². The van der Waals surface area contributed by atoms with Crippen LogP contribution in [0.25, 0.3) is 0 Å². The molecule has 0 radical (unpaired) electrons. The molecule has 1 amide bonds. The summed E-state index contributed by atoms with van der Waals surface area (Å²) in [5, 5.41) is 2.79. The summed E-state index contributed by atoms with van der Waals surface area (Å²) in [5.41, 5.74) is 1.40. The minimum atomic E-state index is -0.224. The van der Waals surface area contributed by atoms with Crippen molar-refractivity contribution in [1.29, 1.82) is 0 Å². The average Bonchev–Trinajstić information content (AvgIpc) is 2.42. The normalized spacial score (nSPS) is 10.2. The summed E-state index contributed by atoms with van der Waals surface area (Å²) in [6.07, 6.45) is 0. The fourth-order valence-corrected chi connectivity index (χ4v) is 2.40. The van der Waals surface area contributed by atoms with Crippen molar-refractivity contribution in [3.63, 3.8) is 0 Å². The lowest BCUT2D eigenvalue weighted by Crippen LogP contribution is -2.14. The summed E-state index contributed by atoms with van der Waals surface area (Å²) in [6, 6.07) is 15.9. The number of hydrogen-bond donors (Lipinski definition) is 1. The highest BCUT2D eigenvalue weighted by Gasteiger charge is 2.04. The van der Waals surface area contributed by atoms with Crippen molar-refractivity contribution in [2.24, 2.45) is 0 Å². The van der Waals surface area contributed by atoms with Crippen molar-refractivity contribution < 1.29 is 9.18 Å². The molecule has 0 saturated carbocycles. The number of nitrogens with one attached hydrogen (secondary N) is 1. The van der Waals surface area contributed by atoms with Crippen molar-refractivity contribution >= 4 is 23.4 Å². The summed E-state index contributed by atoms with van der Waals surface area (Å²) in [7, 11) is 0. The third kappa shape index (κ3) is 4.41. The maximum atomic E-state index is 13.3. The number of amides is 1.